The molecule has 0 atom stereocenters. The monoisotopic (exact) mass is 254 g/mol. The Morgan fingerprint density at radius 2 is 1.94 bits per heavy atom. The molecule has 0 bridgehead atoms. The Balaban J connectivity index is 2.21. The van der Waals surface area contributed by atoms with Crippen molar-refractivity contribution in [2.45, 2.75) is 12.8 Å². The molecule has 0 aliphatic carbocycles. The summed E-state index contributed by atoms with van der Waals surface area (Å²) in [5, 5.41) is 3.62. The molecular formula is C13H19ClN2O. The van der Waals surface area contributed by atoms with Gasteiger partial charge in [-0.1, -0.05) is 23.7 Å². The van der Waals surface area contributed by atoms with Gasteiger partial charge in [-0.05, 0) is 38.2 Å². The number of carbonyl (C=O) groups is 1. The zero-order chi connectivity index (χ0) is 12.7. The van der Waals surface area contributed by atoms with Crippen LogP contribution in [-0.4, -0.2) is 38.0 Å². The number of carbonyl (C=O) groups excluding carboxylic acids is 1. The minimum atomic E-state index is 0.0989. The Bertz CT molecular complexity index is 349. The van der Waals surface area contributed by atoms with Crippen molar-refractivity contribution in [1.82, 2.24) is 10.2 Å². The number of benzene rings is 1. The highest BCUT2D eigenvalue weighted by atomic mass is 35.5. The van der Waals surface area contributed by atoms with Crippen LogP contribution in [0.25, 0.3) is 0 Å². The average molecular weight is 255 g/mol. The Hall–Kier alpha value is -1.06. The van der Waals surface area contributed by atoms with Crippen LogP contribution in [-0.2, 0) is 11.2 Å². The van der Waals surface area contributed by atoms with Crippen molar-refractivity contribution >= 4 is 17.5 Å². The molecule has 0 unspecified atom stereocenters. The fourth-order valence-corrected chi connectivity index (χ4v) is 1.54. The predicted molar refractivity (Wildman–Crippen MR) is 71.3 cm³/mol. The van der Waals surface area contributed by atoms with E-state index in [9.17, 15) is 4.79 Å². The molecule has 0 saturated heterocycles. The van der Waals surface area contributed by atoms with Crippen LogP contribution in [0.2, 0.25) is 5.02 Å². The minimum absolute atomic E-state index is 0.0989. The second kappa shape index (κ2) is 7.30. The van der Waals surface area contributed by atoms with E-state index in [2.05, 4.69) is 5.32 Å². The molecule has 1 aromatic carbocycles. The molecular weight excluding hydrogens is 236 g/mol. The second-order valence-corrected chi connectivity index (χ2v) is 4.72. The smallest absolute Gasteiger partial charge is 0.220 e. The Morgan fingerprint density at radius 1 is 1.29 bits per heavy atom. The molecule has 4 heteroatoms. The van der Waals surface area contributed by atoms with E-state index in [1.165, 1.54) is 0 Å². The third kappa shape index (κ3) is 6.29. The highest BCUT2D eigenvalue weighted by Crippen LogP contribution is 2.10. The first-order valence-corrected chi connectivity index (χ1v) is 6.11. The summed E-state index contributed by atoms with van der Waals surface area (Å²) in [5.74, 6) is 0.0989. The highest BCUT2D eigenvalue weighted by molar-refractivity contribution is 6.30. The van der Waals surface area contributed by atoms with Crippen LogP contribution in [0.5, 0.6) is 0 Å². The first-order chi connectivity index (χ1) is 8.08. The van der Waals surface area contributed by atoms with E-state index in [0.29, 0.717) is 13.0 Å². The summed E-state index contributed by atoms with van der Waals surface area (Å²) < 4.78 is 0. The number of hydrogen-bond donors (Lipinski definition) is 1. The maximum atomic E-state index is 11.5. The summed E-state index contributed by atoms with van der Waals surface area (Å²) in [6.07, 6.45) is 1.28. The normalized spacial score (nSPS) is 10.6. The van der Waals surface area contributed by atoms with Gasteiger partial charge in [0, 0.05) is 24.5 Å². The molecule has 1 rings (SSSR count). The van der Waals surface area contributed by atoms with Crippen LogP contribution in [0, 0.1) is 0 Å². The topological polar surface area (TPSA) is 32.3 Å². The third-order valence-corrected chi connectivity index (χ3v) is 2.69. The van der Waals surface area contributed by atoms with Crippen molar-refractivity contribution in [3.63, 3.8) is 0 Å². The Kier molecular flexibility index (Phi) is 6.01. The van der Waals surface area contributed by atoms with Crippen LogP contribution >= 0.6 is 11.6 Å². The van der Waals surface area contributed by atoms with Gasteiger partial charge in [-0.15, -0.1) is 0 Å². The van der Waals surface area contributed by atoms with Gasteiger partial charge in [0.15, 0.2) is 0 Å². The first-order valence-electron chi connectivity index (χ1n) is 5.74. The molecule has 0 heterocycles. The van der Waals surface area contributed by atoms with Gasteiger partial charge in [0.2, 0.25) is 5.91 Å². The van der Waals surface area contributed by atoms with Gasteiger partial charge >= 0.3 is 0 Å². The van der Waals surface area contributed by atoms with Crippen LogP contribution in [0.15, 0.2) is 24.3 Å². The van der Waals surface area contributed by atoms with Gasteiger partial charge in [0.25, 0.3) is 0 Å². The van der Waals surface area contributed by atoms with E-state index < -0.39 is 0 Å². The standard InChI is InChI=1S/C13H19ClN2O/c1-16(2)10-9-15-13(17)8-5-11-3-6-12(14)7-4-11/h3-4,6-7H,5,8-10H2,1-2H3,(H,15,17). The minimum Gasteiger partial charge on any atom is -0.355 e. The maximum absolute atomic E-state index is 11.5. The van der Waals surface area contributed by atoms with E-state index >= 15 is 0 Å². The zero-order valence-corrected chi connectivity index (χ0v) is 11.1. The van der Waals surface area contributed by atoms with Crippen molar-refractivity contribution in [1.29, 1.82) is 0 Å². The summed E-state index contributed by atoms with van der Waals surface area (Å²) in [6, 6.07) is 7.60. The van der Waals surface area contributed by atoms with Gasteiger partial charge in [0.05, 0.1) is 0 Å². The second-order valence-electron chi connectivity index (χ2n) is 4.28. The van der Waals surface area contributed by atoms with Crippen molar-refractivity contribution in [3.8, 4) is 0 Å². The summed E-state index contributed by atoms with van der Waals surface area (Å²) in [6.45, 7) is 1.57. The fourth-order valence-electron chi connectivity index (χ4n) is 1.42. The van der Waals surface area contributed by atoms with E-state index in [1.54, 1.807) is 0 Å². The number of aryl methyl sites for hydroxylation is 1. The molecule has 1 amide bonds. The van der Waals surface area contributed by atoms with Gasteiger partial charge in [-0.25, -0.2) is 0 Å². The largest absolute Gasteiger partial charge is 0.355 e. The molecule has 0 saturated carbocycles. The summed E-state index contributed by atoms with van der Waals surface area (Å²) >= 11 is 5.79. The van der Waals surface area contributed by atoms with Crippen molar-refractivity contribution in [2.24, 2.45) is 0 Å². The van der Waals surface area contributed by atoms with Crippen molar-refractivity contribution in [2.75, 3.05) is 27.2 Å². The van der Waals surface area contributed by atoms with E-state index in [1.807, 2.05) is 43.3 Å². The molecule has 0 fully saturated rings. The van der Waals surface area contributed by atoms with Crippen LogP contribution in [0.1, 0.15) is 12.0 Å². The average Bonchev–Trinajstić information content (AvgIpc) is 2.28. The Labute approximate surface area is 108 Å². The lowest BCUT2D eigenvalue weighted by atomic mass is 10.1. The lowest BCUT2D eigenvalue weighted by molar-refractivity contribution is -0.121. The van der Waals surface area contributed by atoms with Gasteiger partial charge in [-0.3, -0.25) is 4.79 Å². The van der Waals surface area contributed by atoms with E-state index in [-0.39, 0.29) is 5.91 Å². The molecule has 0 aromatic heterocycles. The summed E-state index contributed by atoms with van der Waals surface area (Å²) in [4.78, 5) is 13.6. The number of nitrogens with one attached hydrogen (secondary N) is 1. The van der Waals surface area contributed by atoms with Crippen LogP contribution < -0.4 is 5.32 Å². The lowest BCUT2D eigenvalue weighted by Crippen LogP contribution is -2.31. The molecule has 0 aliphatic heterocycles. The molecule has 0 radical (unpaired) electrons. The van der Waals surface area contributed by atoms with Gasteiger partial charge < -0.3 is 10.2 Å². The number of nitrogens with zero attached hydrogens (tertiary/aromatic N) is 1. The third-order valence-electron chi connectivity index (χ3n) is 2.44. The molecule has 0 aliphatic rings. The molecule has 0 spiro atoms. The molecule has 17 heavy (non-hydrogen) atoms. The number of halogens is 1. The van der Waals surface area contributed by atoms with Gasteiger partial charge in [-0.2, -0.15) is 0 Å². The Morgan fingerprint density at radius 3 is 2.53 bits per heavy atom. The fraction of sp³-hybridized carbons (Fsp3) is 0.462. The zero-order valence-electron chi connectivity index (χ0n) is 10.4. The number of amides is 1. The summed E-state index contributed by atoms with van der Waals surface area (Å²) in [7, 11) is 3.97. The molecule has 1 N–H and O–H groups in total. The molecule has 3 nitrogen and oxygen atoms in total. The molecule has 94 valence electrons. The van der Waals surface area contributed by atoms with Gasteiger partial charge in [0.1, 0.15) is 0 Å². The summed E-state index contributed by atoms with van der Waals surface area (Å²) in [5.41, 5.74) is 1.14. The maximum Gasteiger partial charge on any atom is 0.220 e. The SMILES string of the molecule is CN(C)CCNC(=O)CCc1ccc(Cl)cc1. The molecule has 1 aromatic rings. The predicted octanol–water partition coefficient (Wildman–Crippen LogP) is 1.95. The van der Waals surface area contributed by atoms with E-state index in [0.717, 1.165) is 23.6 Å². The van der Waals surface area contributed by atoms with Crippen LogP contribution in [0.4, 0.5) is 0 Å². The quantitative estimate of drug-likeness (QED) is 0.842. The van der Waals surface area contributed by atoms with Crippen molar-refractivity contribution in [3.05, 3.63) is 34.9 Å². The lowest BCUT2D eigenvalue weighted by Gasteiger charge is -2.10. The number of likely N-dealkylation sites (N-methyl/N-ethyl adjacent to an activating group) is 1. The highest BCUT2D eigenvalue weighted by Gasteiger charge is 2.02. The van der Waals surface area contributed by atoms with Crippen molar-refractivity contribution < 1.29 is 4.79 Å². The number of rotatable bonds is 6. The first kappa shape index (κ1) is 14.0. The number of hydrogen-bond acceptors (Lipinski definition) is 2. The van der Waals surface area contributed by atoms with Crippen LogP contribution in [0.3, 0.4) is 0 Å². The van der Waals surface area contributed by atoms with E-state index in [4.69, 9.17) is 11.6 Å².